The molecule has 7 heteroatoms. The quantitative estimate of drug-likeness (QED) is 0.543. The van der Waals surface area contributed by atoms with Gasteiger partial charge in [-0.2, -0.15) is 0 Å². The molecule has 0 radical (unpaired) electrons. The molecule has 0 spiro atoms. The maximum Gasteiger partial charge on any atom is 0.234 e. The second-order valence-electron chi connectivity index (χ2n) is 8.73. The van der Waals surface area contributed by atoms with Gasteiger partial charge in [-0.15, -0.1) is 0 Å². The Kier molecular flexibility index (Phi) is 5.19. The van der Waals surface area contributed by atoms with Crippen molar-refractivity contribution in [3.8, 4) is 11.4 Å². The second-order valence-corrected chi connectivity index (χ2v) is 8.73. The van der Waals surface area contributed by atoms with Crippen molar-refractivity contribution >= 4 is 11.9 Å². The highest BCUT2D eigenvalue weighted by Gasteiger charge is 2.45. The molecule has 1 atom stereocenters. The summed E-state index contributed by atoms with van der Waals surface area (Å²) in [6.45, 7) is 6.54. The minimum Gasteiger partial charge on any atom is -0.495 e. The van der Waals surface area contributed by atoms with Crippen molar-refractivity contribution in [2.45, 2.75) is 39.3 Å². The van der Waals surface area contributed by atoms with Gasteiger partial charge in [0, 0.05) is 25.2 Å². The number of nitrogens with zero attached hydrogens (tertiary/aromatic N) is 4. The predicted octanol–water partition coefficient (Wildman–Crippen LogP) is 5.33. The maximum atomic E-state index is 13.8. The number of rotatable bonds is 4. The Hall–Kier alpha value is -3.61. The number of piperidine rings is 1. The van der Waals surface area contributed by atoms with Crippen molar-refractivity contribution < 1.29 is 14.0 Å². The Morgan fingerprint density at radius 2 is 2.03 bits per heavy atom. The van der Waals surface area contributed by atoms with Crippen LogP contribution >= 0.6 is 0 Å². The highest BCUT2D eigenvalue weighted by molar-refractivity contribution is 6.03. The molecular formula is C26H27FN4O2. The number of ether oxygens (including phenoxy) is 1. The van der Waals surface area contributed by atoms with E-state index in [1.54, 1.807) is 26.4 Å². The molecule has 33 heavy (non-hydrogen) atoms. The van der Waals surface area contributed by atoms with Crippen LogP contribution in [-0.4, -0.2) is 33.9 Å². The SMILES string of the molecule is COc1cc(C=C2CCCN3C2=NOC3(C)c2ccc(F)c(C)c2)ccc1-n1cnc(C)c1. The molecule has 1 aromatic heterocycles. The zero-order valence-electron chi connectivity index (χ0n) is 19.3. The molecule has 2 aliphatic rings. The lowest BCUT2D eigenvalue weighted by Gasteiger charge is -2.37. The molecule has 3 aromatic rings. The second kappa shape index (κ2) is 8.06. The molecule has 5 rings (SSSR count). The van der Waals surface area contributed by atoms with E-state index in [9.17, 15) is 4.39 Å². The first-order valence-corrected chi connectivity index (χ1v) is 11.1. The number of hydrogen-bond acceptors (Lipinski definition) is 5. The molecule has 0 amide bonds. The van der Waals surface area contributed by atoms with Crippen LogP contribution in [-0.2, 0) is 10.6 Å². The Bertz CT molecular complexity index is 1280. The smallest absolute Gasteiger partial charge is 0.234 e. The molecule has 3 heterocycles. The molecular weight excluding hydrogens is 419 g/mol. The Balaban J connectivity index is 1.46. The summed E-state index contributed by atoms with van der Waals surface area (Å²) >= 11 is 0. The van der Waals surface area contributed by atoms with E-state index >= 15 is 0 Å². The first-order valence-electron chi connectivity index (χ1n) is 11.1. The minimum atomic E-state index is -0.756. The van der Waals surface area contributed by atoms with Gasteiger partial charge in [-0.25, -0.2) is 9.37 Å². The average Bonchev–Trinajstić information content (AvgIpc) is 3.40. The number of hydrogen-bond donors (Lipinski definition) is 0. The van der Waals surface area contributed by atoms with E-state index < -0.39 is 5.72 Å². The fraction of sp³-hybridized carbons (Fsp3) is 0.308. The van der Waals surface area contributed by atoms with Gasteiger partial charge in [-0.05, 0) is 73.7 Å². The van der Waals surface area contributed by atoms with Gasteiger partial charge >= 0.3 is 0 Å². The number of oxime groups is 1. The molecule has 1 saturated heterocycles. The van der Waals surface area contributed by atoms with E-state index in [1.165, 1.54) is 6.07 Å². The first-order chi connectivity index (χ1) is 15.9. The van der Waals surface area contributed by atoms with Crippen molar-refractivity contribution in [3.63, 3.8) is 0 Å². The number of halogens is 1. The van der Waals surface area contributed by atoms with Gasteiger partial charge in [-0.1, -0.05) is 17.3 Å². The molecule has 0 saturated carbocycles. The molecule has 1 unspecified atom stereocenters. The maximum absolute atomic E-state index is 13.8. The lowest BCUT2D eigenvalue weighted by molar-refractivity contribution is -0.0913. The lowest BCUT2D eigenvalue weighted by Crippen LogP contribution is -2.47. The van der Waals surface area contributed by atoms with E-state index in [2.05, 4.69) is 27.2 Å². The molecule has 0 N–H and O–H groups in total. The van der Waals surface area contributed by atoms with E-state index in [4.69, 9.17) is 9.57 Å². The summed E-state index contributed by atoms with van der Waals surface area (Å²) in [6, 6.07) is 11.2. The molecule has 6 nitrogen and oxygen atoms in total. The van der Waals surface area contributed by atoms with Crippen molar-refractivity contribution in [2.75, 3.05) is 13.7 Å². The fourth-order valence-electron chi connectivity index (χ4n) is 4.55. The van der Waals surface area contributed by atoms with Crippen LogP contribution < -0.4 is 4.74 Å². The van der Waals surface area contributed by atoms with Gasteiger partial charge in [0.2, 0.25) is 5.72 Å². The zero-order valence-corrected chi connectivity index (χ0v) is 19.3. The van der Waals surface area contributed by atoms with E-state index in [0.29, 0.717) is 5.56 Å². The molecule has 2 aromatic carbocycles. The van der Waals surface area contributed by atoms with Gasteiger partial charge in [0.15, 0.2) is 5.84 Å². The number of amidine groups is 1. The van der Waals surface area contributed by atoms with Crippen LogP contribution in [0.25, 0.3) is 11.8 Å². The summed E-state index contributed by atoms with van der Waals surface area (Å²) in [5, 5.41) is 4.46. The topological polar surface area (TPSA) is 51.9 Å². The minimum absolute atomic E-state index is 0.219. The van der Waals surface area contributed by atoms with E-state index in [0.717, 1.165) is 59.1 Å². The third-order valence-electron chi connectivity index (χ3n) is 6.42. The number of aryl methyl sites for hydroxylation is 2. The van der Waals surface area contributed by atoms with Crippen LogP contribution in [0.2, 0.25) is 0 Å². The Labute approximate surface area is 192 Å². The highest BCUT2D eigenvalue weighted by Crippen LogP contribution is 2.40. The Morgan fingerprint density at radius 3 is 2.76 bits per heavy atom. The number of aromatic nitrogens is 2. The summed E-state index contributed by atoms with van der Waals surface area (Å²) in [6.07, 6.45) is 7.78. The van der Waals surface area contributed by atoms with Crippen molar-refractivity contribution in [2.24, 2.45) is 5.16 Å². The summed E-state index contributed by atoms with van der Waals surface area (Å²) in [7, 11) is 1.67. The van der Waals surface area contributed by atoms with Gasteiger partial charge in [-0.3, -0.25) is 0 Å². The molecule has 1 fully saturated rings. The Morgan fingerprint density at radius 1 is 1.18 bits per heavy atom. The van der Waals surface area contributed by atoms with Crippen molar-refractivity contribution in [1.29, 1.82) is 0 Å². The van der Waals surface area contributed by atoms with Crippen LogP contribution in [0.15, 0.2) is 59.7 Å². The summed E-state index contributed by atoms with van der Waals surface area (Å²) in [5.74, 6) is 1.38. The summed E-state index contributed by atoms with van der Waals surface area (Å²) in [5.41, 5.74) is 4.75. The number of methoxy groups -OCH3 is 1. The van der Waals surface area contributed by atoms with Crippen molar-refractivity contribution in [3.05, 3.63) is 82.7 Å². The van der Waals surface area contributed by atoms with Crippen LogP contribution in [0.3, 0.4) is 0 Å². The van der Waals surface area contributed by atoms with Gasteiger partial charge in [0.25, 0.3) is 0 Å². The van der Waals surface area contributed by atoms with Crippen LogP contribution in [0.5, 0.6) is 5.75 Å². The van der Waals surface area contributed by atoms with Crippen LogP contribution in [0, 0.1) is 19.7 Å². The fourth-order valence-corrected chi connectivity index (χ4v) is 4.55. The standard InChI is InChI=1S/C26H27FN4O2/c1-17-12-21(8-9-22(17)27)26(3)31-11-5-6-20(25(31)29-33-26)13-19-7-10-23(24(14-19)32-4)30-15-18(2)28-16-30/h7-10,12-16H,5-6,11H2,1-4H3. The zero-order chi connectivity index (χ0) is 23.2. The average molecular weight is 447 g/mol. The highest BCUT2D eigenvalue weighted by atomic mass is 19.1. The monoisotopic (exact) mass is 446 g/mol. The summed E-state index contributed by atoms with van der Waals surface area (Å²) in [4.78, 5) is 12.5. The number of benzene rings is 2. The normalized spacial score (nSPS) is 21.1. The molecule has 2 aliphatic heterocycles. The molecule has 0 bridgehead atoms. The van der Waals surface area contributed by atoms with Crippen LogP contribution in [0.1, 0.15) is 42.1 Å². The summed E-state index contributed by atoms with van der Waals surface area (Å²) < 4.78 is 21.5. The van der Waals surface area contributed by atoms with Crippen molar-refractivity contribution in [1.82, 2.24) is 14.5 Å². The van der Waals surface area contributed by atoms with E-state index in [-0.39, 0.29) is 5.82 Å². The van der Waals surface area contributed by atoms with Gasteiger partial charge < -0.3 is 19.0 Å². The molecule has 0 aliphatic carbocycles. The van der Waals surface area contributed by atoms with Crippen LogP contribution in [0.4, 0.5) is 4.39 Å². The first kappa shape index (κ1) is 21.2. The number of imidazole rings is 1. The van der Waals surface area contributed by atoms with E-state index in [1.807, 2.05) is 42.8 Å². The lowest BCUT2D eigenvalue weighted by atomic mass is 9.94. The predicted molar refractivity (Wildman–Crippen MR) is 126 cm³/mol. The molecule has 170 valence electrons. The van der Waals surface area contributed by atoms with Gasteiger partial charge in [0.1, 0.15) is 11.6 Å². The third-order valence-corrected chi connectivity index (χ3v) is 6.42. The van der Waals surface area contributed by atoms with Gasteiger partial charge in [0.05, 0.1) is 24.8 Å². The number of fused-ring (bicyclic) bond motifs is 1. The largest absolute Gasteiger partial charge is 0.495 e. The third kappa shape index (κ3) is 3.67.